The molecule has 5 heteroatoms. The standard InChI is InChI=1S/C20H16N4.ClH/c1-2-7-15(8-3-1)13-22-20-17-10-4-5-11-18(17)23-19(24-20)16-9-6-12-21-14-16;/h1-12,14H,13H2,(H,22,23,24);1H. The second-order valence-corrected chi connectivity index (χ2v) is 5.49. The zero-order valence-electron chi connectivity index (χ0n) is 13.5. The van der Waals surface area contributed by atoms with E-state index in [0.29, 0.717) is 12.4 Å². The number of nitrogens with one attached hydrogen (secondary N) is 1. The van der Waals surface area contributed by atoms with E-state index in [0.717, 1.165) is 22.3 Å². The average Bonchev–Trinajstić information content (AvgIpc) is 2.67. The van der Waals surface area contributed by atoms with Crippen molar-refractivity contribution in [2.24, 2.45) is 0 Å². The second kappa shape index (κ2) is 7.73. The first kappa shape index (κ1) is 16.9. The van der Waals surface area contributed by atoms with Crippen molar-refractivity contribution < 1.29 is 0 Å². The minimum atomic E-state index is 0. The van der Waals surface area contributed by atoms with Crippen molar-refractivity contribution in [1.29, 1.82) is 0 Å². The molecular formula is C20H17ClN4. The Morgan fingerprint density at radius 3 is 2.40 bits per heavy atom. The van der Waals surface area contributed by atoms with Gasteiger partial charge in [-0.05, 0) is 29.8 Å². The predicted octanol–water partition coefficient (Wildman–Crippen LogP) is 4.73. The lowest BCUT2D eigenvalue weighted by molar-refractivity contribution is 1.10. The first-order valence-corrected chi connectivity index (χ1v) is 7.85. The smallest absolute Gasteiger partial charge is 0.163 e. The molecule has 0 aliphatic heterocycles. The molecular weight excluding hydrogens is 332 g/mol. The Hall–Kier alpha value is -2.98. The molecule has 4 aromatic rings. The van der Waals surface area contributed by atoms with Gasteiger partial charge in [0.05, 0.1) is 5.52 Å². The molecule has 4 rings (SSSR count). The zero-order chi connectivity index (χ0) is 16.2. The third-order valence-corrected chi connectivity index (χ3v) is 3.83. The molecule has 0 amide bonds. The maximum atomic E-state index is 4.72. The van der Waals surface area contributed by atoms with Crippen molar-refractivity contribution in [2.45, 2.75) is 6.54 Å². The van der Waals surface area contributed by atoms with Crippen LogP contribution in [0.25, 0.3) is 22.3 Å². The van der Waals surface area contributed by atoms with Crippen LogP contribution >= 0.6 is 12.4 Å². The highest BCUT2D eigenvalue weighted by Gasteiger charge is 2.09. The number of benzene rings is 2. The molecule has 0 saturated heterocycles. The fourth-order valence-electron chi connectivity index (χ4n) is 2.62. The van der Waals surface area contributed by atoms with Crippen LogP contribution in [-0.4, -0.2) is 15.0 Å². The lowest BCUT2D eigenvalue weighted by Gasteiger charge is -2.11. The molecule has 0 radical (unpaired) electrons. The van der Waals surface area contributed by atoms with Gasteiger partial charge in [0.2, 0.25) is 0 Å². The summed E-state index contributed by atoms with van der Waals surface area (Å²) < 4.78 is 0. The minimum absolute atomic E-state index is 0. The van der Waals surface area contributed by atoms with Crippen LogP contribution < -0.4 is 5.32 Å². The Morgan fingerprint density at radius 2 is 1.60 bits per heavy atom. The Labute approximate surface area is 152 Å². The number of halogens is 1. The van der Waals surface area contributed by atoms with Crippen LogP contribution in [0.2, 0.25) is 0 Å². The Bertz CT molecular complexity index is 959. The normalized spacial score (nSPS) is 10.2. The van der Waals surface area contributed by atoms with Gasteiger partial charge in [0, 0.05) is 29.9 Å². The summed E-state index contributed by atoms with van der Waals surface area (Å²) in [4.78, 5) is 13.6. The van der Waals surface area contributed by atoms with Gasteiger partial charge < -0.3 is 5.32 Å². The van der Waals surface area contributed by atoms with Gasteiger partial charge in [-0.2, -0.15) is 0 Å². The number of fused-ring (bicyclic) bond motifs is 1. The van der Waals surface area contributed by atoms with Gasteiger partial charge >= 0.3 is 0 Å². The van der Waals surface area contributed by atoms with Crippen LogP contribution in [0.1, 0.15) is 5.56 Å². The molecule has 0 bridgehead atoms. The van der Waals surface area contributed by atoms with Crippen LogP contribution in [0.5, 0.6) is 0 Å². The molecule has 0 saturated carbocycles. The molecule has 4 nitrogen and oxygen atoms in total. The van der Waals surface area contributed by atoms with E-state index in [1.165, 1.54) is 5.56 Å². The van der Waals surface area contributed by atoms with Crippen LogP contribution in [0.3, 0.4) is 0 Å². The maximum absolute atomic E-state index is 4.72. The molecule has 124 valence electrons. The van der Waals surface area contributed by atoms with Crippen LogP contribution in [-0.2, 0) is 6.54 Å². The first-order chi connectivity index (χ1) is 11.9. The number of hydrogen-bond acceptors (Lipinski definition) is 4. The van der Waals surface area contributed by atoms with E-state index < -0.39 is 0 Å². The SMILES string of the molecule is Cl.c1ccc(CNc2nc(-c3cccnc3)nc3ccccc23)cc1. The summed E-state index contributed by atoms with van der Waals surface area (Å²) in [5, 5.41) is 4.46. The molecule has 0 spiro atoms. The summed E-state index contributed by atoms with van der Waals surface area (Å²) in [6.45, 7) is 0.717. The Morgan fingerprint density at radius 1 is 0.800 bits per heavy atom. The van der Waals surface area contributed by atoms with Gasteiger partial charge in [-0.1, -0.05) is 42.5 Å². The number of hydrogen-bond donors (Lipinski definition) is 1. The number of aromatic nitrogens is 3. The molecule has 2 aromatic heterocycles. The van der Waals surface area contributed by atoms with Crippen molar-refractivity contribution in [3.8, 4) is 11.4 Å². The van der Waals surface area contributed by atoms with E-state index in [9.17, 15) is 0 Å². The highest BCUT2D eigenvalue weighted by atomic mass is 35.5. The Kier molecular flexibility index (Phi) is 5.21. The summed E-state index contributed by atoms with van der Waals surface area (Å²) in [5.41, 5.74) is 3.04. The molecule has 0 fully saturated rings. The zero-order valence-corrected chi connectivity index (χ0v) is 14.3. The largest absolute Gasteiger partial charge is 0.365 e. The van der Waals surface area contributed by atoms with Gasteiger partial charge in [-0.15, -0.1) is 12.4 Å². The first-order valence-electron chi connectivity index (χ1n) is 7.85. The van der Waals surface area contributed by atoms with E-state index in [4.69, 9.17) is 4.98 Å². The quantitative estimate of drug-likeness (QED) is 0.579. The number of anilines is 1. The monoisotopic (exact) mass is 348 g/mol. The predicted molar refractivity (Wildman–Crippen MR) is 104 cm³/mol. The van der Waals surface area contributed by atoms with Gasteiger partial charge in [0.25, 0.3) is 0 Å². The molecule has 1 N–H and O–H groups in total. The van der Waals surface area contributed by atoms with E-state index in [2.05, 4.69) is 27.4 Å². The number of rotatable bonds is 4. The third kappa shape index (κ3) is 3.75. The van der Waals surface area contributed by atoms with Crippen molar-refractivity contribution in [3.05, 3.63) is 84.7 Å². The summed E-state index contributed by atoms with van der Waals surface area (Å²) in [5.74, 6) is 1.51. The fourth-order valence-corrected chi connectivity index (χ4v) is 2.62. The molecule has 25 heavy (non-hydrogen) atoms. The van der Waals surface area contributed by atoms with Crippen molar-refractivity contribution in [1.82, 2.24) is 15.0 Å². The number of nitrogens with zero attached hydrogens (tertiary/aromatic N) is 3. The molecule has 0 unspecified atom stereocenters. The molecule has 2 heterocycles. The third-order valence-electron chi connectivity index (χ3n) is 3.83. The van der Waals surface area contributed by atoms with E-state index in [1.807, 2.05) is 54.6 Å². The lowest BCUT2D eigenvalue weighted by Crippen LogP contribution is -2.04. The van der Waals surface area contributed by atoms with Gasteiger partial charge in [-0.25, -0.2) is 9.97 Å². The molecule has 0 aliphatic carbocycles. The highest BCUT2D eigenvalue weighted by Crippen LogP contribution is 2.24. The fraction of sp³-hybridized carbons (Fsp3) is 0.0500. The van der Waals surface area contributed by atoms with Crippen molar-refractivity contribution >= 4 is 29.1 Å². The van der Waals surface area contributed by atoms with E-state index in [-0.39, 0.29) is 12.4 Å². The van der Waals surface area contributed by atoms with E-state index in [1.54, 1.807) is 12.4 Å². The van der Waals surface area contributed by atoms with Crippen LogP contribution in [0, 0.1) is 0 Å². The van der Waals surface area contributed by atoms with Crippen molar-refractivity contribution in [2.75, 3.05) is 5.32 Å². The number of para-hydroxylation sites is 1. The highest BCUT2D eigenvalue weighted by molar-refractivity contribution is 5.90. The summed E-state index contributed by atoms with van der Waals surface area (Å²) >= 11 is 0. The minimum Gasteiger partial charge on any atom is -0.365 e. The maximum Gasteiger partial charge on any atom is 0.163 e. The summed E-state index contributed by atoms with van der Waals surface area (Å²) in [6.07, 6.45) is 3.53. The van der Waals surface area contributed by atoms with Gasteiger partial charge in [0.15, 0.2) is 5.82 Å². The summed E-state index contributed by atoms with van der Waals surface area (Å²) in [6, 6.07) is 22.2. The van der Waals surface area contributed by atoms with Crippen LogP contribution in [0.4, 0.5) is 5.82 Å². The topological polar surface area (TPSA) is 50.7 Å². The molecule has 0 aliphatic rings. The summed E-state index contributed by atoms with van der Waals surface area (Å²) in [7, 11) is 0. The Balaban J connectivity index is 0.00000182. The lowest BCUT2D eigenvalue weighted by atomic mass is 10.2. The average molecular weight is 349 g/mol. The van der Waals surface area contributed by atoms with Gasteiger partial charge in [0.1, 0.15) is 5.82 Å². The van der Waals surface area contributed by atoms with Crippen LogP contribution in [0.15, 0.2) is 79.1 Å². The van der Waals surface area contributed by atoms with E-state index >= 15 is 0 Å². The molecule has 0 atom stereocenters. The second-order valence-electron chi connectivity index (χ2n) is 5.49. The van der Waals surface area contributed by atoms with Gasteiger partial charge in [-0.3, -0.25) is 4.98 Å². The molecule has 2 aromatic carbocycles. The van der Waals surface area contributed by atoms with Crippen molar-refractivity contribution in [3.63, 3.8) is 0 Å². The number of pyridine rings is 1.